The molecule has 2 rings (SSSR count). The van der Waals surface area contributed by atoms with Crippen molar-refractivity contribution in [3.8, 4) is 5.75 Å². The van der Waals surface area contributed by atoms with Gasteiger partial charge in [-0.2, -0.15) is 0 Å². The highest BCUT2D eigenvalue weighted by atomic mass is 35.5. The summed E-state index contributed by atoms with van der Waals surface area (Å²) in [5.74, 6) is 1.62. The zero-order chi connectivity index (χ0) is 17.9. The van der Waals surface area contributed by atoms with Crippen LogP contribution in [0, 0.1) is 0 Å². The summed E-state index contributed by atoms with van der Waals surface area (Å²) in [6, 6.07) is 5.76. The molecule has 1 aromatic rings. The second kappa shape index (κ2) is 11.0. The zero-order valence-electron chi connectivity index (χ0n) is 15.1. The number of hydrogen-bond acceptors (Lipinski definition) is 3. The first-order valence-electron chi connectivity index (χ1n) is 8.83. The molecule has 0 saturated carbocycles. The van der Waals surface area contributed by atoms with E-state index in [1.807, 2.05) is 18.2 Å². The Morgan fingerprint density at radius 3 is 2.88 bits per heavy atom. The van der Waals surface area contributed by atoms with Gasteiger partial charge in [0.25, 0.3) is 0 Å². The molecule has 25 heavy (non-hydrogen) atoms. The largest absolute Gasteiger partial charge is 0.497 e. The van der Waals surface area contributed by atoms with Gasteiger partial charge in [0.05, 0.1) is 20.3 Å². The molecule has 1 aliphatic rings. The van der Waals surface area contributed by atoms with E-state index in [0.717, 1.165) is 67.9 Å². The summed E-state index contributed by atoms with van der Waals surface area (Å²) in [7, 11) is 1.64. The van der Waals surface area contributed by atoms with Gasteiger partial charge in [0, 0.05) is 24.7 Å². The van der Waals surface area contributed by atoms with Crippen molar-refractivity contribution in [1.29, 1.82) is 0 Å². The first-order chi connectivity index (χ1) is 12.2. The third kappa shape index (κ3) is 6.96. The van der Waals surface area contributed by atoms with Gasteiger partial charge in [0.2, 0.25) is 0 Å². The number of nitrogens with zero attached hydrogens (tertiary/aromatic N) is 1. The first-order valence-corrected chi connectivity index (χ1v) is 9.21. The summed E-state index contributed by atoms with van der Waals surface area (Å²) in [6.45, 7) is 6.04. The number of benzene rings is 1. The van der Waals surface area contributed by atoms with Crippen molar-refractivity contribution in [3.05, 3.63) is 40.4 Å². The Bertz CT molecular complexity index is 602. The van der Waals surface area contributed by atoms with Crippen LogP contribution < -0.4 is 15.4 Å². The lowest BCUT2D eigenvalue weighted by atomic mass is 10.1. The Balaban J connectivity index is 1.81. The van der Waals surface area contributed by atoms with Crippen molar-refractivity contribution in [2.24, 2.45) is 4.99 Å². The highest BCUT2D eigenvalue weighted by Crippen LogP contribution is 2.22. The van der Waals surface area contributed by atoms with E-state index in [-0.39, 0.29) is 0 Å². The molecule has 0 radical (unpaired) electrons. The molecule has 0 bridgehead atoms. The Kier molecular flexibility index (Phi) is 8.63. The minimum atomic E-state index is 0.678. The molecule has 0 atom stereocenters. The van der Waals surface area contributed by atoms with E-state index in [0.29, 0.717) is 6.54 Å². The highest BCUT2D eigenvalue weighted by Gasteiger charge is 2.05. The Morgan fingerprint density at radius 1 is 1.32 bits per heavy atom. The predicted molar refractivity (Wildman–Crippen MR) is 104 cm³/mol. The lowest BCUT2D eigenvalue weighted by molar-refractivity contribution is 0.153. The Labute approximate surface area is 155 Å². The first kappa shape index (κ1) is 19.6. The van der Waals surface area contributed by atoms with Crippen LogP contribution >= 0.6 is 11.6 Å². The standard InChI is InChI=1S/C19H28ClN3O2/c1-3-21-19(22-10-6-15-8-12-25-13-9-15)23-11-7-16-4-5-17(24-2)14-18(16)20/h4-5,8,14H,3,6-7,9-13H2,1-2H3,(H2,21,22,23). The summed E-state index contributed by atoms with van der Waals surface area (Å²) >= 11 is 6.28. The van der Waals surface area contributed by atoms with Crippen LogP contribution in [0.25, 0.3) is 0 Å². The molecular weight excluding hydrogens is 338 g/mol. The lowest BCUT2D eigenvalue weighted by Crippen LogP contribution is -2.38. The molecule has 1 aliphatic heterocycles. The molecule has 138 valence electrons. The molecule has 0 aromatic heterocycles. The van der Waals surface area contributed by atoms with Crippen molar-refractivity contribution in [2.45, 2.75) is 26.2 Å². The monoisotopic (exact) mass is 365 g/mol. The summed E-state index contributed by atoms with van der Waals surface area (Å²) < 4.78 is 10.5. The maximum atomic E-state index is 6.28. The van der Waals surface area contributed by atoms with E-state index in [1.165, 1.54) is 5.57 Å². The number of aliphatic imine (C=N–C) groups is 1. The molecule has 0 spiro atoms. The van der Waals surface area contributed by atoms with E-state index < -0.39 is 0 Å². The average Bonchev–Trinajstić information content (AvgIpc) is 2.64. The molecular formula is C19H28ClN3O2. The van der Waals surface area contributed by atoms with E-state index in [2.05, 4.69) is 28.6 Å². The quantitative estimate of drug-likeness (QED) is 0.422. The fourth-order valence-corrected chi connectivity index (χ4v) is 2.89. The number of nitrogens with one attached hydrogen (secondary N) is 2. The van der Waals surface area contributed by atoms with Gasteiger partial charge in [-0.3, -0.25) is 4.99 Å². The normalized spacial score (nSPS) is 14.8. The van der Waals surface area contributed by atoms with Crippen molar-refractivity contribution in [3.63, 3.8) is 0 Å². The van der Waals surface area contributed by atoms with E-state index in [1.54, 1.807) is 7.11 Å². The number of rotatable bonds is 8. The van der Waals surface area contributed by atoms with E-state index >= 15 is 0 Å². The third-order valence-corrected chi connectivity index (χ3v) is 4.40. The van der Waals surface area contributed by atoms with Crippen LogP contribution in [0.15, 0.2) is 34.8 Å². The van der Waals surface area contributed by atoms with Gasteiger partial charge in [0.1, 0.15) is 5.75 Å². The molecule has 0 saturated heterocycles. The molecule has 2 N–H and O–H groups in total. The summed E-state index contributed by atoms with van der Waals surface area (Å²) in [5.41, 5.74) is 2.54. The zero-order valence-corrected chi connectivity index (χ0v) is 15.9. The Morgan fingerprint density at radius 2 is 2.20 bits per heavy atom. The molecule has 0 amide bonds. The van der Waals surface area contributed by atoms with Crippen molar-refractivity contribution >= 4 is 17.6 Å². The molecule has 5 nitrogen and oxygen atoms in total. The van der Waals surface area contributed by atoms with E-state index in [9.17, 15) is 0 Å². The fourth-order valence-electron chi connectivity index (χ4n) is 2.62. The van der Waals surface area contributed by atoms with Crippen LogP contribution in [0.4, 0.5) is 0 Å². The van der Waals surface area contributed by atoms with Gasteiger partial charge in [-0.05, 0) is 43.9 Å². The predicted octanol–water partition coefficient (Wildman–Crippen LogP) is 3.18. The third-order valence-electron chi connectivity index (χ3n) is 4.05. The maximum absolute atomic E-state index is 6.28. The van der Waals surface area contributed by atoms with Gasteiger partial charge in [0.15, 0.2) is 5.96 Å². The van der Waals surface area contributed by atoms with E-state index in [4.69, 9.17) is 21.1 Å². The number of hydrogen-bond donors (Lipinski definition) is 2. The SMILES string of the molecule is CCNC(=NCCc1ccc(OC)cc1Cl)NCCC1=CCOCC1. The summed E-state index contributed by atoms with van der Waals surface area (Å²) in [4.78, 5) is 4.64. The van der Waals surface area contributed by atoms with Gasteiger partial charge >= 0.3 is 0 Å². The van der Waals surface area contributed by atoms with Gasteiger partial charge in [-0.25, -0.2) is 0 Å². The van der Waals surface area contributed by atoms with Crippen LogP contribution in [-0.2, 0) is 11.2 Å². The average molecular weight is 366 g/mol. The van der Waals surface area contributed by atoms with Crippen LogP contribution in [-0.4, -0.2) is 45.9 Å². The molecule has 1 aromatic carbocycles. The lowest BCUT2D eigenvalue weighted by Gasteiger charge is -2.15. The minimum absolute atomic E-state index is 0.678. The van der Waals surface area contributed by atoms with Crippen LogP contribution in [0.2, 0.25) is 5.02 Å². The molecule has 6 heteroatoms. The fraction of sp³-hybridized carbons (Fsp3) is 0.526. The topological polar surface area (TPSA) is 54.9 Å². The smallest absolute Gasteiger partial charge is 0.191 e. The molecule has 0 unspecified atom stereocenters. The van der Waals surface area contributed by atoms with Crippen molar-refractivity contribution < 1.29 is 9.47 Å². The van der Waals surface area contributed by atoms with Crippen LogP contribution in [0.5, 0.6) is 5.75 Å². The van der Waals surface area contributed by atoms with Crippen molar-refractivity contribution in [1.82, 2.24) is 10.6 Å². The highest BCUT2D eigenvalue weighted by molar-refractivity contribution is 6.31. The summed E-state index contributed by atoms with van der Waals surface area (Å²) in [5, 5.41) is 7.39. The van der Waals surface area contributed by atoms with Gasteiger partial charge in [-0.1, -0.05) is 29.3 Å². The number of ether oxygens (including phenoxy) is 2. The van der Waals surface area contributed by atoms with Gasteiger partial charge in [-0.15, -0.1) is 0 Å². The second-order valence-electron chi connectivity index (χ2n) is 5.83. The number of guanidine groups is 1. The molecule has 0 fully saturated rings. The second-order valence-corrected chi connectivity index (χ2v) is 6.24. The van der Waals surface area contributed by atoms with Crippen LogP contribution in [0.3, 0.4) is 0 Å². The van der Waals surface area contributed by atoms with Crippen molar-refractivity contribution in [2.75, 3.05) is 40.0 Å². The van der Waals surface area contributed by atoms with Crippen LogP contribution in [0.1, 0.15) is 25.3 Å². The Hall–Kier alpha value is -1.72. The number of halogens is 1. The molecule has 0 aliphatic carbocycles. The summed E-state index contributed by atoms with van der Waals surface area (Å²) in [6.07, 6.45) is 5.03. The minimum Gasteiger partial charge on any atom is -0.497 e. The molecule has 1 heterocycles. The number of methoxy groups -OCH3 is 1. The maximum Gasteiger partial charge on any atom is 0.191 e. The van der Waals surface area contributed by atoms with Gasteiger partial charge < -0.3 is 20.1 Å².